The summed E-state index contributed by atoms with van der Waals surface area (Å²) in [6.45, 7) is 3.56. The van der Waals surface area contributed by atoms with Crippen molar-refractivity contribution in [3.63, 3.8) is 0 Å². The fourth-order valence-corrected chi connectivity index (χ4v) is 1.72. The third-order valence-electron chi connectivity index (χ3n) is 2.93. The highest BCUT2D eigenvalue weighted by molar-refractivity contribution is 5.87. The zero-order valence-electron chi connectivity index (χ0n) is 12.4. The first-order chi connectivity index (χ1) is 10.4. The number of aromatic carboxylic acids is 1. The van der Waals surface area contributed by atoms with Gasteiger partial charge in [0.15, 0.2) is 0 Å². The molecule has 0 unspecified atom stereocenters. The number of aliphatic hydroxyl groups excluding tert-OH is 1. The maximum Gasteiger partial charge on any atom is 0.337 e. The zero-order chi connectivity index (χ0) is 16.7. The molecule has 2 heterocycles. The number of hydrogen-bond acceptors (Lipinski definition) is 6. The lowest BCUT2D eigenvalue weighted by molar-refractivity contribution is 0.0696. The molecular formula is C15H19N3O4. The van der Waals surface area contributed by atoms with Crippen LogP contribution in [0.15, 0.2) is 24.7 Å². The fraction of sp³-hybridized carbons (Fsp3) is 0.267. The lowest BCUT2D eigenvalue weighted by Gasteiger charge is -2.08. The quantitative estimate of drug-likeness (QED) is 0.669. The van der Waals surface area contributed by atoms with Crippen LogP contribution >= 0.6 is 0 Å². The van der Waals surface area contributed by atoms with Crippen molar-refractivity contribution in [1.29, 1.82) is 0 Å². The van der Waals surface area contributed by atoms with E-state index in [1.165, 1.54) is 12.4 Å². The topological polar surface area (TPSA) is 130 Å². The zero-order valence-corrected chi connectivity index (χ0v) is 12.4. The molecule has 2 aromatic heterocycles. The van der Waals surface area contributed by atoms with E-state index in [2.05, 4.69) is 9.97 Å². The van der Waals surface area contributed by atoms with Crippen LogP contribution in [0.4, 0.5) is 0 Å². The van der Waals surface area contributed by atoms with E-state index in [1.54, 1.807) is 26.1 Å². The molecule has 0 radical (unpaired) electrons. The second kappa shape index (κ2) is 8.06. The van der Waals surface area contributed by atoms with Crippen LogP contribution in [-0.4, -0.2) is 31.3 Å². The van der Waals surface area contributed by atoms with E-state index in [9.17, 15) is 9.90 Å². The number of rotatable bonds is 3. The Hall–Kier alpha value is -2.51. The summed E-state index contributed by atoms with van der Waals surface area (Å²) in [5.74, 6) is -0.847. The van der Waals surface area contributed by atoms with Crippen LogP contribution in [0.1, 0.15) is 32.7 Å². The third-order valence-corrected chi connectivity index (χ3v) is 2.93. The van der Waals surface area contributed by atoms with Crippen LogP contribution in [0, 0.1) is 13.8 Å². The van der Waals surface area contributed by atoms with Gasteiger partial charge in [0.1, 0.15) is 5.75 Å². The highest BCUT2D eigenvalue weighted by Crippen LogP contribution is 2.22. The van der Waals surface area contributed by atoms with Crippen molar-refractivity contribution in [2.24, 2.45) is 5.73 Å². The molecule has 2 rings (SSSR count). The van der Waals surface area contributed by atoms with Gasteiger partial charge in [0.05, 0.1) is 17.9 Å². The molecule has 0 spiro atoms. The average molecular weight is 305 g/mol. The van der Waals surface area contributed by atoms with Crippen molar-refractivity contribution in [1.82, 2.24) is 9.97 Å². The minimum Gasteiger partial charge on any atom is -0.506 e. The first-order valence-corrected chi connectivity index (χ1v) is 6.52. The Morgan fingerprint density at radius 2 is 1.95 bits per heavy atom. The number of aromatic hydroxyl groups is 1. The van der Waals surface area contributed by atoms with Gasteiger partial charge >= 0.3 is 5.97 Å². The summed E-state index contributed by atoms with van der Waals surface area (Å²) in [5.41, 5.74) is 8.19. The summed E-state index contributed by atoms with van der Waals surface area (Å²) >= 11 is 0. The van der Waals surface area contributed by atoms with Gasteiger partial charge in [-0.05, 0) is 25.5 Å². The molecule has 22 heavy (non-hydrogen) atoms. The summed E-state index contributed by atoms with van der Waals surface area (Å²) < 4.78 is 0. The van der Waals surface area contributed by atoms with Crippen molar-refractivity contribution in [3.8, 4) is 5.75 Å². The normalized spacial score (nSPS) is 9.82. The maximum atomic E-state index is 10.3. The SMILES string of the molecule is Cc1cncc(C(=O)O)c1.Cc1ncc(CO)c(CN)c1O. The first kappa shape index (κ1) is 17.5. The van der Waals surface area contributed by atoms with E-state index in [1.807, 2.05) is 0 Å². The number of aromatic nitrogens is 2. The molecule has 5 N–H and O–H groups in total. The van der Waals surface area contributed by atoms with Crippen LogP contribution in [0.5, 0.6) is 5.75 Å². The van der Waals surface area contributed by atoms with Gasteiger partial charge in [0.25, 0.3) is 0 Å². The lowest BCUT2D eigenvalue weighted by atomic mass is 10.1. The van der Waals surface area contributed by atoms with E-state index in [0.717, 1.165) is 5.56 Å². The molecule has 7 nitrogen and oxygen atoms in total. The Morgan fingerprint density at radius 3 is 2.41 bits per heavy atom. The molecule has 0 aliphatic rings. The third kappa shape index (κ3) is 4.51. The number of carbonyl (C=O) groups is 1. The number of nitrogens with two attached hydrogens (primary N) is 1. The number of carboxylic acids is 1. The van der Waals surface area contributed by atoms with Gasteiger partial charge in [0, 0.05) is 36.3 Å². The van der Waals surface area contributed by atoms with E-state index >= 15 is 0 Å². The molecule has 2 aromatic rings. The highest BCUT2D eigenvalue weighted by Gasteiger charge is 2.08. The Bertz CT molecular complexity index is 659. The molecule has 0 aliphatic heterocycles. The smallest absolute Gasteiger partial charge is 0.337 e. The van der Waals surface area contributed by atoms with Gasteiger partial charge in [-0.15, -0.1) is 0 Å². The van der Waals surface area contributed by atoms with Crippen LogP contribution in [0.2, 0.25) is 0 Å². The number of carboxylic acid groups (broad SMARTS) is 1. The van der Waals surface area contributed by atoms with E-state index in [0.29, 0.717) is 16.8 Å². The summed E-state index contributed by atoms with van der Waals surface area (Å²) in [5, 5.41) is 26.8. The number of aryl methyl sites for hydroxylation is 2. The van der Waals surface area contributed by atoms with E-state index in [4.69, 9.17) is 15.9 Å². The van der Waals surface area contributed by atoms with E-state index in [-0.39, 0.29) is 24.5 Å². The van der Waals surface area contributed by atoms with Gasteiger partial charge in [0.2, 0.25) is 0 Å². The predicted octanol–water partition coefficient (Wildman–Crippen LogP) is 1.13. The van der Waals surface area contributed by atoms with Gasteiger partial charge in [-0.2, -0.15) is 0 Å². The van der Waals surface area contributed by atoms with Crippen molar-refractivity contribution >= 4 is 5.97 Å². The number of aliphatic hydroxyl groups is 1. The molecule has 7 heteroatoms. The molecular weight excluding hydrogens is 286 g/mol. The minimum atomic E-state index is -0.934. The second-order valence-corrected chi connectivity index (χ2v) is 4.61. The van der Waals surface area contributed by atoms with Gasteiger partial charge in [-0.1, -0.05) is 0 Å². The molecule has 0 bridgehead atoms. The lowest BCUT2D eigenvalue weighted by Crippen LogP contribution is -2.04. The standard InChI is InChI=1S/C8H12N2O2.C7H7NO2/c1-5-8(12)7(2-9)6(4-11)3-10-5;1-5-2-6(7(9)10)4-8-3-5/h3,11-12H,2,4,9H2,1H3;2-4H,1H3,(H,9,10). The van der Waals surface area contributed by atoms with Crippen LogP contribution in [0.25, 0.3) is 0 Å². The maximum absolute atomic E-state index is 10.3. The monoisotopic (exact) mass is 305 g/mol. The summed E-state index contributed by atoms with van der Waals surface area (Å²) in [4.78, 5) is 17.9. The van der Waals surface area contributed by atoms with Crippen molar-refractivity contribution in [2.45, 2.75) is 27.0 Å². The van der Waals surface area contributed by atoms with Crippen LogP contribution in [0.3, 0.4) is 0 Å². The number of pyridine rings is 2. The van der Waals surface area contributed by atoms with Gasteiger partial charge in [-0.3, -0.25) is 9.97 Å². The van der Waals surface area contributed by atoms with Gasteiger partial charge in [-0.25, -0.2) is 4.79 Å². The summed E-state index contributed by atoms with van der Waals surface area (Å²) in [6.07, 6.45) is 4.47. The molecule has 0 saturated carbocycles. The first-order valence-electron chi connectivity index (χ1n) is 6.52. The number of nitrogens with zero attached hydrogens (tertiary/aromatic N) is 2. The molecule has 0 fully saturated rings. The predicted molar refractivity (Wildman–Crippen MR) is 80.4 cm³/mol. The molecule has 118 valence electrons. The largest absolute Gasteiger partial charge is 0.506 e. The Kier molecular flexibility index (Phi) is 6.43. The van der Waals surface area contributed by atoms with Crippen molar-refractivity contribution in [3.05, 3.63) is 52.6 Å². The molecule has 0 aliphatic carbocycles. The Labute approximate surface area is 128 Å². The van der Waals surface area contributed by atoms with Crippen molar-refractivity contribution in [2.75, 3.05) is 0 Å². The molecule has 0 saturated heterocycles. The highest BCUT2D eigenvalue weighted by atomic mass is 16.4. The van der Waals surface area contributed by atoms with Crippen molar-refractivity contribution < 1.29 is 20.1 Å². The van der Waals surface area contributed by atoms with Crippen LogP contribution in [-0.2, 0) is 13.2 Å². The minimum absolute atomic E-state index is 0.0871. The summed E-state index contributed by atoms with van der Waals surface area (Å²) in [6, 6.07) is 1.58. The Balaban J connectivity index is 0.000000224. The van der Waals surface area contributed by atoms with Gasteiger partial charge < -0.3 is 21.1 Å². The second-order valence-electron chi connectivity index (χ2n) is 4.61. The fourth-order valence-electron chi connectivity index (χ4n) is 1.72. The average Bonchev–Trinajstić information content (AvgIpc) is 2.50. The van der Waals surface area contributed by atoms with Crippen LogP contribution < -0.4 is 5.73 Å². The summed E-state index contributed by atoms with van der Waals surface area (Å²) in [7, 11) is 0. The molecule has 0 atom stereocenters. The molecule has 0 aromatic carbocycles. The Morgan fingerprint density at radius 1 is 1.27 bits per heavy atom. The molecule has 0 amide bonds. The van der Waals surface area contributed by atoms with E-state index < -0.39 is 5.97 Å². The number of hydrogen-bond donors (Lipinski definition) is 4.